The van der Waals surface area contributed by atoms with Gasteiger partial charge in [-0.1, -0.05) is 6.42 Å². The number of carboxylic acid groups (broad SMARTS) is 1. The van der Waals surface area contributed by atoms with Crippen LogP contribution in [0, 0.1) is 0 Å². The largest absolute Gasteiger partial charge is 0.480 e. The summed E-state index contributed by atoms with van der Waals surface area (Å²) in [6.07, 6.45) is 3.68. The molecule has 0 aromatic heterocycles. The summed E-state index contributed by atoms with van der Waals surface area (Å²) in [5.41, 5.74) is -0.821. The van der Waals surface area contributed by atoms with Gasteiger partial charge in [0.2, 0.25) is 0 Å². The van der Waals surface area contributed by atoms with E-state index in [4.69, 9.17) is 5.11 Å². The number of hydrogen-bond acceptors (Lipinski definition) is 3. The summed E-state index contributed by atoms with van der Waals surface area (Å²) < 4.78 is 0. The molecule has 1 unspecified atom stereocenters. The Bertz CT molecular complexity index is 229. The first-order chi connectivity index (χ1) is 6.93. The second-order valence-electron chi connectivity index (χ2n) is 4.94. The third kappa shape index (κ3) is 3.47. The molecule has 1 saturated heterocycles. The lowest BCUT2D eigenvalue weighted by Gasteiger charge is -2.34. The molecule has 15 heavy (non-hydrogen) atoms. The maximum Gasteiger partial charge on any atom is 0.323 e. The minimum atomic E-state index is -0.821. The molecule has 0 aliphatic carbocycles. The Labute approximate surface area is 91.6 Å². The summed E-state index contributed by atoms with van der Waals surface area (Å²) >= 11 is 0. The molecule has 4 heteroatoms. The van der Waals surface area contributed by atoms with Crippen LogP contribution >= 0.6 is 0 Å². The van der Waals surface area contributed by atoms with Crippen LogP contribution in [0.4, 0.5) is 0 Å². The molecule has 1 rings (SSSR count). The predicted octanol–water partition coefficient (Wildman–Crippen LogP) is 0.923. The van der Waals surface area contributed by atoms with Gasteiger partial charge in [-0.25, -0.2) is 0 Å². The number of carboxylic acids is 1. The van der Waals surface area contributed by atoms with E-state index in [9.17, 15) is 4.79 Å². The fourth-order valence-corrected chi connectivity index (χ4v) is 1.85. The molecule has 88 valence electrons. The molecule has 1 atom stereocenters. The summed E-state index contributed by atoms with van der Waals surface area (Å²) in [5.74, 6) is -0.791. The fraction of sp³-hybridized carbons (Fsp3) is 0.909. The number of nitrogens with zero attached hydrogens (tertiary/aromatic N) is 1. The van der Waals surface area contributed by atoms with E-state index in [-0.39, 0.29) is 0 Å². The zero-order valence-corrected chi connectivity index (χ0v) is 9.92. The average molecular weight is 214 g/mol. The number of carbonyl (C=O) groups is 1. The van der Waals surface area contributed by atoms with Crippen LogP contribution in [0.2, 0.25) is 0 Å². The minimum Gasteiger partial charge on any atom is -0.480 e. The van der Waals surface area contributed by atoms with E-state index in [0.29, 0.717) is 6.04 Å². The van der Waals surface area contributed by atoms with E-state index in [0.717, 1.165) is 13.1 Å². The van der Waals surface area contributed by atoms with Crippen LogP contribution in [0.3, 0.4) is 0 Å². The first-order valence-corrected chi connectivity index (χ1v) is 5.62. The van der Waals surface area contributed by atoms with Crippen LogP contribution in [-0.4, -0.2) is 47.7 Å². The molecular formula is C11H22N2O2. The van der Waals surface area contributed by atoms with Crippen LogP contribution in [0.5, 0.6) is 0 Å². The van der Waals surface area contributed by atoms with Crippen LogP contribution in [0.1, 0.15) is 33.1 Å². The number of likely N-dealkylation sites (tertiary alicyclic amines) is 1. The maximum atomic E-state index is 10.9. The minimum absolute atomic E-state index is 0.484. The summed E-state index contributed by atoms with van der Waals surface area (Å²) in [4.78, 5) is 13.2. The molecule has 0 bridgehead atoms. The van der Waals surface area contributed by atoms with E-state index in [1.165, 1.54) is 19.3 Å². The first kappa shape index (κ1) is 12.5. The van der Waals surface area contributed by atoms with E-state index in [1.54, 1.807) is 13.8 Å². The van der Waals surface area contributed by atoms with Gasteiger partial charge in [0, 0.05) is 12.6 Å². The van der Waals surface area contributed by atoms with Crippen molar-refractivity contribution in [3.05, 3.63) is 0 Å². The Morgan fingerprint density at radius 1 is 1.53 bits per heavy atom. The van der Waals surface area contributed by atoms with Crippen LogP contribution < -0.4 is 5.32 Å². The lowest BCUT2D eigenvalue weighted by atomic mass is 10.0. The van der Waals surface area contributed by atoms with Gasteiger partial charge in [-0.05, 0) is 40.3 Å². The lowest BCUT2D eigenvalue weighted by molar-refractivity contribution is -0.143. The summed E-state index contributed by atoms with van der Waals surface area (Å²) in [5, 5.41) is 12.1. The third-order valence-corrected chi connectivity index (χ3v) is 3.24. The number of nitrogens with one attached hydrogen (secondary N) is 1. The topological polar surface area (TPSA) is 52.6 Å². The monoisotopic (exact) mass is 214 g/mol. The van der Waals surface area contributed by atoms with E-state index in [2.05, 4.69) is 17.3 Å². The van der Waals surface area contributed by atoms with Crippen molar-refractivity contribution in [1.82, 2.24) is 10.2 Å². The highest BCUT2D eigenvalue weighted by Crippen LogP contribution is 2.15. The zero-order chi connectivity index (χ0) is 11.5. The normalized spacial score (nSPS) is 24.1. The Morgan fingerprint density at radius 2 is 2.20 bits per heavy atom. The Morgan fingerprint density at radius 3 is 2.73 bits per heavy atom. The standard InChI is InChI=1S/C11H22N2O2/c1-11(2,10(14)15)12-8-9-6-4-5-7-13(9)3/h9,12H,4-8H2,1-3H3,(H,14,15). The Kier molecular flexibility index (Phi) is 4.11. The summed E-state index contributed by atoms with van der Waals surface area (Å²) in [6, 6.07) is 0.484. The van der Waals surface area contributed by atoms with E-state index < -0.39 is 11.5 Å². The highest BCUT2D eigenvalue weighted by atomic mass is 16.4. The highest BCUT2D eigenvalue weighted by Gasteiger charge is 2.28. The molecule has 1 aliphatic rings. The molecule has 1 aliphatic heterocycles. The van der Waals surface area contributed by atoms with Crippen LogP contribution in [0.15, 0.2) is 0 Å². The van der Waals surface area contributed by atoms with Gasteiger partial charge in [0.15, 0.2) is 0 Å². The van der Waals surface area contributed by atoms with Gasteiger partial charge < -0.3 is 15.3 Å². The summed E-state index contributed by atoms with van der Waals surface area (Å²) in [7, 11) is 2.11. The SMILES string of the molecule is CN1CCCCC1CNC(C)(C)C(=O)O. The number of aliphatic carboxylic acids is 1. The highest BCUT2D eigenvalue weighted by molar-refractivity contribution is 5.77. The molecule has 1 heterocycles. The van der Waals surface area contributed by atoms with E-state index in [1.807, 2.05) is 0 Å². The number of rotatable bonds is 4. The van der Waals surface area contributed by atoms with Gasteiger partial charge in [-0.3, -0.25) is 4.79 Å². The molecule has 1 fully saturated rings. The van der Waals surface area contributed by atoms with Crippen molar-refractivity contribution in [3.8, 4) is 0 Å². The van der Waals surface area contributed by atoms with Gasteiger partial charge in [0.05, 0.1) is 0 Å². The van der Waals surface area contributed by atoms with Crippen molar-refractivity contribution in [1.29, 1.82) is 0 Å². The second-order valence-corrected chi connectivity index (χ2v) is 4.94. The van der Waals surface area contributed by atoms with E-state index >= 15 is 0 Å². The van der Waals surface area contributed by atoms with Crippen molar-refractivity contribution < 1.29 is 9.90 Å². The van der Waals surface area contributed by atoms with Crippen LogP contribution in [-0.2, 0) is 4.79 Å². The molecular weight excluding hydrogens is 192 g/mol. The van der Waals surface area contributed by atoms with Crippen molar-refractivity contribution in [3.63, 3.8) is 0 Å². The Balaban J connectivity index is 2.38. The number of likely N-dealkylation sites (N-methyl/N-ethyl adjacent to an activating group) is 1. The smallest absolute Gasteiger partial charge is 0.323 e. The average Bonchev–Trinajstić information content (AvgIpc) is 2.16. The van der Waals surface area contributed by atoms with Gasteiger partial charge >= 0.3 is 5.97 Å². The molecule has 0 spiro atoms. The number of hydrogen-bond donors (Lipinski definition) is 2. The zero-order valence-electron chi connectivity index (χ0n) is 9.92. The van der Waals surface area contributed by atoms with Gasteiger partial charge in [-0.2, -0.15) is 0 Å². The molecule has 0 radical (unpaired) electrons. The second kappa shape index (κ2) is 4.94. The Hall–Kier alpha value is -0.610. The molecule has 2 N–H and O–H groups in total. The number of piperidine rings is 1. The molecule has 0 aromatic rings. The van der Waals surface area contributed by atoms with Gasteiger partial charge in [-0.15, -0.1) is 0 Å². The maximum absolute atomic E-state index is 10.9. The quantitative estimate of drug-likeness (QED) is 0.731. The fourth-order valence-electron chi connectivity index (χ4n) is 1.85. The van der Waals surface area contributed by atoms with Crippen molar-refractivity contribution in [2.24, 2.45) is 0 Å². The summed E-state index contributed by atoms with van der Waals surface area (Å²) in [6.45, 7) is 5.30. The van der Waals surface area contributed by atoms with Crippen molar-refractivity contribution in [2.75, 3.05) is 20.1 Å². The van der Waals surface area contributed by atoms with Crippen LogP contribution in [0.25, 0.3) is 0 Å². The lowest BCUT2D eigenvalue weighted by Crippen LogP contribution is -2.52. The van der Waals surface area contributed by atoms with Crippen molar-refractivity contribution in [2.45, 2.75) is 44.7 Å². The molecule has 4 nitrogen and oxygen atoms in total. The molecule has 0 saturated carbocycles. The third-order valence-electron chi connectivity index (χ3n) is 3.24. The van der Waals surface area contributed by atoms with Gasteiger partial charge in [0.1, 0.15) is 5.54 Å². The molecule has 0 aromatic carbocycles. The van der Waals surface area contributed by atoms with Crippen molar-refractivity contribution >= 4 is 5.97 Å². The van der Waals surface area contributed by atoms with Gasteiger partial charge in [0.25, 0.3) is 0 Å². The predicted molar refractivity (Wildman–Crippen MR) is 60.0 cm³/mol. The molecule has 0 amide bonds. The first-order valence-electron chi connectivity index (χ1n) is 5.62.